The molecule has 25 heavy (non-hydrogen) atoms. The zero-order chi connectivity index (χ0) is 17.6. The SMILES string of the molecule is CC(NC(=O)NCC(c1ccco1)N1CCCC1)c1cccc(Cl)c1. The quantitative estimate of drug-likeness (QED) is 0.813. The summed E-state index contributed by atoms with van der Waals surface area (Å²) in [5.74, 6) is 0.894. The molecule has 2 heterocycles. The Morgan fingerprint density at radius 3 is 2.76 bits per heavy atom. The van der Waals surface area contributed by atoms with Gasteiger partial charge in [0.05, 0.1) is 18.3 Å². The van der Waals surface area contributed by atoms with Crippen molar-refractivity contribution in [2.75, 3.05) is 19.6 Å². The predicted molar refractivity (Wildman–Crippen MR) is 98.7 cm³/mol. The second kappa shape index (κ2) is 8.41. The van der Waals surface area contributed by atoms with Gasteiger partial charge < -0.3 is 15.1 Å². The van der Waals surface area contributed by atoms with Crippen LogP contribution in [-0.4, -0.2) is 30.6 Å². The molecular formula is C19H24ClN3O2. The Morgan fingerprint density at radius 2 is 2.08 bits per heavy atom. The summed E-state index contributed by atoms with van der Waals surface area (Å²) in [5.41, 5.74) is 0.977. The molecule has 1 aliphatic rings. The molecule has 6 heteroatoms. The standard InChI is InChI=1S/C19H24ClN3O2/c1-14(15-6-4-7-16(20)12-15)22-19(24)21-13-17(18-8-5-11-25-18)23-9-2-3-10-23/h4-8,11-12,14,17H,2-3,9-10,13H2,1H3,(H2,21,22,24). The number of rotatable bonds is 6. The summed E-state index contributed by atoms with van der Waals surface area (Å²) in [6.45, 7) is 4.53. The number of carbonyl (C=O) groups is 1. The third-order valence-electron chi connectivity index (χ3n) is 4.61. The van der Waals surface area contributed by atoms with Crippen molar-refractivity contribution >= 4 is 17.6 Å². The van der Waals surface area contributed by atoms with Crippen molar-refractivity contribution in [3.8, 4) is 0 Å². The molecule has 134 valence electrons. The van der Waals surface area contributed by atoms with Crippen LogP contribution in [-0.2, 0) is 0 Å². The zero-order valence-electron chi connectivity index (χ0n) is 14.4. The van der Waals surface area contributed by atoms with Crippen molar-refractivity contribution in [1.29, 1.82) is 0 Å². The average Bonchev–Trinajstić information content (AvgIpc) is 3.29. The lowest BCUT2D eigenvalue weighted by Gasteiger charge is -2.26. The molecule has 2 atom stereocenters. The van der Waals surface area contributed by atoms with E-state index in [-0.39, 0.29) is 18.1 Å². The molecule has 3 rings (SSSR count). The van der Waals surface area contributed by atoms with Crippen molar-refractivity contribution in [3.05, 3.63) is 59.0 Å². The van der Waals surface area contributed by atoms with Crippen LogP contribution in [0.25, 0.3) is 0 Å². The first kappa shape index (κ1) is 17.8. The lowest BCUT2D eigenvalue weighted by molar-refractivity contribution is 0.202. The second-order valence-corrected chi connectivity index (χ2v) is 6.84. The van der Waals surface area contributed by atoms with Gasteiger partial charge in [0.1, 0.15) is 5.76 Å². The normalized spacial score (nSPS) is 17.2. The van der Waals surface area contributed by atoms with Crippen molar-refractivity contribution in [3.63, 3.8) is 0 Å². The monoisotopic (exact) mass is 361 g/mol. The van der Waals surface area contributed by atoms with Gasteiger partial charge in [-0.1, -0.05) is 23.7 Å². The van der Waals surface area contributed by atoms with Gasteiger partial charge in [0.2, 0.25) is 0 Å². The zero-order valence-corrected chi connectivity index (χ0v) is 15.1. The number of nitrogens with one attached hydrogen (secondary N) is 2. The third-order valence-corrected chi connectivity index (χ3v) is 4.84. The summed E-state index contributed by atoms with van der Waals surface area (Å²) in [5, 5.41) is 6.60. The highest BCUT2D eigenvalue weighted by atomic mass is 35.5. The number of furan rings is 1. The van der Waals surface area contributed by atoms with Crippen molar-refractivity contribution in [2.24, 2.45) is 0 Å². The number of carbonyl (C=O) groups excluding carboxylic acids is 1. The van der Waals surface area contributed by atoms with E-state index in [0.717, 1.165) is 24.4 Å². The van der Waals surface area contributed by atoms with E-state index in [4.69, 9.17) is 16.0 Å². The molecule has 0 bridgehead atoms. The fraction of sp³-hybridized carbons (Fsp3) is 0.421. The summed E-state index contributed by atoms with van der Waals surface area (Å²) in [4.78, 5) is 14.7. The van der Waals surface area contributed by atoms with Crippen molar-refractivity contribution in [1.82, 2.24) is 15.5 Å². The van der Waals surface area contributed by atoms with Crippen LogP contribution in [0.4, 0.5) is 4.79 Å². The maximum absolute atomic E-state index is 12.3. The van der Waals surface area contributed by atoms with Gasteiger partial charge in [-0.05, 0) is 62.7 Å². The largest absolute Gasteiger partial charge is 0.468 e. The van der Waals surface area contributed by atoms with Crippen LogP contribution < -0.4 is 10.6 Å². The van der Waals surface area contributed by atoms with Gasteiger partial charge in [0.25, 0.3) is 0 Å². The third kappa shape index (κ3) is 4.77. The molecule has 2 unspecified atom stereocenters. The number of urea groups is 1. The van der Waals surface area contributed by atoms with Crippen LogP contribution in [0.15, 0.2) is 47.1 Å². The van der Waals surface area contributed by atoms with E-state index in [1.807, 2.05) is 43.3 Å². The molecule has 2 N–H and O–H groups in total. The highest BCUT2D eigenvalue weighted by molar-refractivity contribution is 6.30. The Bertz CT molecular complexity index is 684. The van der Waals surface area contributed by atoms with Crippen LogP contribution in [0.5, 0.6) is 0 Å². The molecule has 0 aliphatic carbocycles. The van der Waals surface area contributed by atoms with E-state index in [1.54, 1.807) is 6.26 Å². The van der Waals surface area contributed by atoms with Crippen LogP contribution >= 0.6 is 11.6 Å². The molecule has 1 saturated heterocycles. The van der Waals surface area contributed by atoms with Gasteiger partial charge in [-0.3, -0.25) is 4.90 Å². The van der Waals surface area contributed by atoms with Crippen LogP contribution in [0, 0.1) is 0 Å². The molecule has 1 aromatic carbocycles. The van der Waals surface area contributed by atoms with Crippen molar-refractivity contribution in [2.45, 2.75) is 31.8 Å². The van der Waals surface area contributed by atoms with Gasteiger partial charge in [-0.25, -0.2) is 4.79 Å². The average molecular weight is 362 g/mol. The van der Waals surface area contributed by atoms with E-state index >= 15 is 0 Å². The van der Waals surface area contributed by atoms with Gasteiger partial charge in [0, 0.05) is 11.6 Å². The first-order chi connectivity index (χ1) is 12.1. The molecule has 0 saturated carbocycles. The van der Waals surface area contributed by atoms with Gasteiger partial charge >= 0.3 is 6.03 Å². The number of halogens is 1. The number of hydrogen-bond acceptors (Lipinski definition) is 3. The molecule has 0 radical (unpaired) electrons. The molecular weight excluding hydrogens is 338 g/mol. The van der Waals surface area contributed by atoms with Crippen LogP contribution in [0.2, 0.25) is 5.02 Å². The summed E-state index contributed by atoms with van der Waals surface area (Å²) in [6, 6.07) is 11.1. The minimum absolute atomic E-state index is 0.0738. The number of benzene rings is 1. The number of likely N-dealkylation sites (tertiary alicyclic amines) is 1. The molecule has 2 amide bonds. The van der Waals surface area contributed by atoms with E-state index in [1.165, 1.54) is 12.8 Å². The van der Waals surface area contributed by atoms with E-state index in [0.29, 0.717) is 11.6 Å². The fourth-order valence-electron chi connectivity index (χ4n) is 3.24. The summed E-state index contributed by atoms with van der Waals surface area (Å²) in [6.07, 6.45) is 4.06. The lowest BCUT2D eigenvalue weighted by atomic mass is 10.1. The lowest BCUT2D eigenvalue weighted by Crippen LogP contribution is -2.42. The molecule has 1 aromatic heterocycles. The Kier molecular flexibility index (Phi) is 6.00. The topological polar surface area (TPSA) is 57.5 Å². The van der Waals surface area contributed by atoms with Crippen LogP contribution in [0.1, 0.15) is 43.2 Å². The maximum atomic E-state index is 12.3. The minimum atomic E-state index is -0.191. The van der Waals surface area contributed by atoms with Gasteiger partial charge in [-0.2, -0.15) is 0 Å². The van der Waals surface area contributed by atoms with E-state index in [2.05, 4.69) is 15.5 Å². The first-order valence-electron chi connectivity index (χ1n) is 8.71. The number of amides is 2. The van der Waals surface area contributed by atoms with E-state index < -0.39 is 0 Å². The maximum Gasteiger partial charge on any atom is 0.315 e. The molecule has 2 aromatic rings. The fourth-order valence-corrected chi connectivity index (χ4v) is 3.44. The summed E-state index contributed by atoms with van der Waals surface area (Å²) in [7, 11) is 0. The number of hydrogen-bond donors (Lipinski definition) is 2. The summed E-state index contributed by atoms with van der Waals surface area (Å²) < 4.78 is 5.58. The Morgan fingerprint density at radius 1 is 1.28 bits per heavy atom. The van der Waals surface area contributed by atoms with Gasteiger partial charge in [-0.15, -0.1) is 0 Å². The van der Waals surface area contributed by atoms with E-state index in [9.17, 15) is 4.79 Å². The molecule has 1 aliphatic heterocycles. The molecule has 1 fully saturated rings. The smallest absolute Gasteiger partial charge is 0.315 e. The molecule has 5 nitrogen and oxygen atoms in total. The Balaban J connectivity index is 1.56. The van der Waals surface area contributed by atoms with Crippen molar-refractivity contribution < 1.29 is 9.21 Å². The second-order valence-electron chi connectivity index (χ2n) is 6.41. The summed E-state index contributed by atoms with van der Waals surface area (Å²) >= 11 is 6.01. The van der Waals surface area contributed by atoms with Crippen LogP contribution in [0.3, 0.4) is 0 Å². The van der Waals surface area contributed by atoms with Gasteiger partial charge in [0.15, 0.2) is 0 Å². The molecule has 0 spiro atoms. The Labute approximate surface area is 153 Å². The Hall–Kier alpha value is -1.98. The highest BCUT2D eigenvalue weighted by Crippen LogP contribution is 2.25. The minimum Gasteiger partial charge on any atom is -0.468 e. The first-order valence-corrected chi connectivity index (χ1v) is 9.08. The highest BCUT2D eigenvalue weighted by Gasteiger charge is 2.26. The predicted octanol–water partition coefficient (Wildman–Crippen LogP) is 4.13. The number of nitrogens with zero attached hydrogens (tertiary/aromatic N) is 1.